The third kappa shape index (κ3) is 6.45. The number of benzene rings is 2. The van der Waals surface area contributed by atoms with Crippen molar-refractivity contribution in [3.63, 3.8) is 0 Å². The highest BCUT2D eigenvalue weighted by Crippen LogP contribution is 2.34. The van der Waals surface area contributed by atoms with E-state index < -0.39 is 22.4 Å². The first kappa shape index (κ1) is 21.0. The van der Waals surface area contributed by atoms with E-state index in [2.05, 4.69) is 10.6 Å². The van der Waals surface area contributed by atoms with Crippen molar-refractivity contribution in [2.75, 3.05) is 25.0 Å². The van der Waals surface area contributed by atoms with Crippen LogP contribution in [-0.2, 0) is 11.0 Å². The minimum absolute atomic E-state index is 0.0104. The summed E-state index contributed by atoms with van der Waals surface area (Å²) in [6, 6.07) is 11.2. The molecule has 2 aromatic rings. The molecule has 0 saturated heterocycles. The van der Waals surface area contributed by atoms with Crippen LogP contribution in [0.15, 0.2) is 48.5 Å². The van der Waals surface area contributed by atoms with E-state index in [-0.39, 0.29) is 37.7 Å². The van der Waals surface area contributed by atoms with Gasteiger partial charge in [-0.3, -0.25) is 14.9 Å². The molecule has 0 radical (unpaired) electrons. The highest BCUT2D eigenvalue weighted by molar-refractivity contribution is 5.76. The maximum atomic E-state index is 12.7. The Hall–Kier alpha value is -3.30. The molecular formula is C18H18F3N3O4. The molecule has 28 heavy (non-hydrogen) atoms. The minimum Gasteiger partial charge on any atom is -0.492 e. The normalized spacial score (nSPS) is 11.0. The average molecular weight is 397 g/mol. The van der Waals surface area contributed by atoms with Crippen molar-refractivity contribution < 1.29 is 27.6 Å². The maximum absolute atomic E-state index is 12.7. The molecule has 0 spiro atoms. The summed E-state index contributed by atoms with van der Waals surface area (Å²) in [4.78, 5) is 21.8. The Balaban J connectivity index is 1.77. The predicted molar refractivity (Wildman–Crippen MR) is 96.2 cm³/mol. The SMILES string of the molecule is O=C(CCNc1ccc(C(F)(F)F)cc1[N+](=O)[O-])NCCOc1ccccc1. The Morgan fingerprint density at radius 2 is 1.82 bits per heavy atom. The number of halogens is 3. The van der Waals surface area contributed by atoms with Crippen molar-refractivity contribution in [1.82, 2.24) is 5.32 Å². The Labute approximate surface area is 158 Å². The first-order valence-electron chi connectivity index (χ1n) is 8.31. The van der Waals surface area contributed by atoms with E-state index >= 15 is 0 Å². The molecule has 2 aromatic carbocycles. The van der Waals surface area contributed by atoms with Crippen LogP contribution >= 0.6 is 0 Å². The van der Waals surface area contributed by atoms with Gasteiger partial charge < -0.3 is 15.4 Å². The molecule has 0 atom stereocenters. The van der Waals surface area contributed by atoms with E-state index in [0.717, 1.165) is 12.1 Å². The monoisotopic (exact) mass is 397 g/mol. The number of carbonyl (C=O) groups is 1. The van der Waals surface area contributed by atoms with E-state index in [1.165, 1.54) is 0 Å². The van der Waals surface area contributed by atoms with Crippen LogP contribution in [0, 0.1) is 10.1 Å². The van der Waals surface area contributed by atoms with Crippen molar-refractivity contribution >= 4 is 17.3 Å². The van der Waals surface area contributed by atoms with Crippen LogP contribution in [0.1, 0.15) is 12.0 Å². The molecular weight excluding hydrogens is 379 g/mol. The van der Waals surface area contributed by atoms with E-state index in [1.807, 2.05) is 18.2 Å². The lowest BCUT2D eigenvalue weighted by atomic mass is 10.1. The smallest absolute Gasteiger partial charge is 0.416 e. The molecule has 0 bridgehead atoms. The summed E-state index contributed by atoms with van der Waals surface area (Å²) in [5, 5.41) is 16.2. The van der Waals surface area contributed by atoms with Gasteiger partial charge >= 0.3 is 6.18 Å². The van der Waals surface area contributed by atoms with Gasteiger partial charge in [0, 0.05) is 19.0 Å². The summed E-state index contributed by atoms with van der Waals surface area (Å²) in [6.45, 7) is 0.569. The fourth-order valence-corrected chi connectivity index (χ4v) is 2.28. The van der Waals surface area contributed by atoms with Gasteiger partial charge in [-0.2, -0.15) is 13.2 Å². The standard InChI is InChI=1S/C18H18F3N3O4/c19-18(20,21)13-6-7-15(16(12-13)24(26)27)22-9-8-17(25)23-10-11-28-14-4-2-1-3-5-14/h1-7,12,22H,8-11H2,(H,23,25). The Kier molecular flexibility index (Phi) is 7.19. The summed E-state index contributed by atoms with van der Waals surface area (Å²) >= 11 is 0. The number of carbonyl (C=O) groups excluding carboxylic acids is 1. The molecule has 0 fully saturated rings. The molecule has 150 valence electrons. The topological polar surface area (TPSA) is 93.5 Å². The largest absolute Gasteiger partial charge is 0.492 e. The van der Waals surface area contributed by atoms with Gasteiger partial charge in [0.25, 0.3) is 5.69 Å². The summed E-state index contributed by atoms with van der Waals surface area (Å²) < 4.78 is 43.4. The average Bonchev–Trinajstić information content (AvgIpc) is 2.65. The van der Waals surface area contributed by atoms with Crippen LogP contribution in [0.5, 0.6) is 5.75 Å². The summed E-state index contributed by atoms with van der Waals surface area (Å²) in [6.07, 6.45) is -4.69. The highest BCUT2D eigenvalue weighted by Gasteiger charge is 2.33. The summed E-state index contributed by atoms with van der Waals surface area (Å²) in [7, 11) is 0. The second kappa shape index (κ2) is 9.58. The first-order chi connectivity index (χ1) is 13.3. The van der Waals surface area contributed by atoms with Gasteiger partial charge in [-0.25, -0.2) is 0 Å². The maximum Gasteiger partial charge on any atom is 0.416 e. The van der Waals surface area contributed by atoms with Crippen LogP contribution in [0.4, 0.5) is 24.5 Å². The third-order valence-electron chi connectivity index (χ3n) is 3.63. The Morgan fingerprint density at radius 3 is 2.46 bits per heavy atom. The van der Waals surface area contributed by atoms with Crippen molar-refractivity contribution in [1.29, 1.82) is 0 Å². The van der Waals surface area contributed by atoms with Gasteiger partial charge in [0.05, 0.1) is 17.0 Å². The summed E-state index contributed by atoms with van der Waals surface area (Å²) in [5.41, 5.74) is -1.90. The van der Waals surface area contributed by atoms with Crippen molar-refractivity contribution in [3.8, 4) is 5.75 Å². The van der Waals surface area contributed by atoms with E-state index in [4.69, 9.17) is 4.74 Å². The van der Waals surface area contributed by atoms with Gasteiger partial charge in [-0.1, -0.05) is 18.2 Å². The van der Waals surface area contributed by atoms with Gasteiger partial charge in [0.15, 0.2) is 0 Å². The molecule has 0 aliphatic heterocycles. The highest BCUT2D eigenvalue weighted by atomic mass is 19.4. The van der Waals surface area contributed by atoms with Crippen LogP contribution in [0.25, 0.3) is 0 Å². The third-order valence-corrected chi connectivity index (χ3v) is 3.63. The molecule has 0 aliphatic rings. The van der Waals surface area contributed by atoms with Crippen molar-refractivity contribution in [3.05, 3.63) is 64.2 Å². The zero-order chi connectivity index (χ0) is 20.6. The number of hydrogen-bond acceptors (Lipinski definition) is 5. The number of anilines is 1. The molecule has 2 N–H and O–H groups in total. The number of hydrogen-bond donors (Lipinski definition) is 2. The number of rotatable bonds is 9. The molecule has 0 aromatic heterocycles. The van der Waals surface area contributed by atoms with Crippen LogP contribution in [0.2, 0.25) is 0 Å². The predicted octanol–water partition coefficient (Wildman–Crippen LogP) is 3.61. The lowest BCUT2D eigenvalue weighted by Crippen LogP contribution is -2.29. The number of amides is 1. The second-order valence-corrected chi connectivity index (χ2v) is 5.68. The Morgan fingerprint density at radius 1 is 1.11 bits per heavy atom. The molecule has 10 heteroatoms. The van der Waals surface area contributed by atoms with Gasteiger partial charge in [-0.15, -0.1) is 0 Å². The van der Waals surface area contributed by atoms with E-state index in [1.54, 1.807) is 12.1 Å². The van der Waals surface area contributed by atoms with Crippen LogP contribution in [-0.4, -0.2) is 30.5 Å². The number of ether oxygens (including phenoxy) is 1. The molecule has 7 nitrogen and oxygen atoms in total. The van der Waals surface area contributed by atoms with Gasteiger partial charge in [0.2, 0.25) is 5.91 Å². The summed E-state index contributed by atoms with van der Waals surface area (Å²) in [5.74, 6) is 0.353. The molecule has 2 rings (SSSR count). The Bertz CT molecular complexity index is 813. The van der Waals surface area contributed by atoms with Gasteiger partial charge in [0.1, 0.15) is 18.0 Å². The van der Waals surface area contributed by atoms with Gasteiger partial charge in [-0.05, 0) is 24.3 Å². The first-order valence-corrected chi connectivity index (χ1v) is 8.31. The van der Waals surface area contributed by atoms with Crippen molar-refractivity contribution in [2.45, 2.75) is 12.6 Å². The van der Waals surface area contributed by atoms with E-state index in [9.17, 15) is 28.1 Å². The molecule has 0 saturated carbocycles. The van der Waals surface area contributed by atoms with E-state index in [0.29, 0.717) is 11.8 Å². The number of para-hydroxylation sites is 1. The minimum atomic E-state index is -4.68. The zero-order valence-electron chi connectivity index (χ0n) is 14.7. The van der Waals surface area contributed by atoms with Crippen LogP contribution < -0.4 is 15.4 Å². The number of nitro benzene ring substituents is 1. The number of alkyl halides is 3. The van der Waals surface area contributed by atoms with Crippen molar-refractivity contribution in [2.24, 2.45) is 0 Å². The lowest BCUT2D eigenvalue weighted by Gasteiger charge is -2.11. The number of nitro groups is 1. The molecule has 0 unspecified atom stereocenters. The second-order valence-electron chi connectivity index (χ2n) is 5.68. The fraction of sp³-hybridized carbons (Fsp3) is 0.278. The fourth-order valence-electron chi connectivity index (χ4n) is 2.28. The molecule has 1 amide bonds. The zero-order valence-corrected chi connectivity index (χ0v) is 14.7. The number of nitrogens with one attached hydrogen (secondary N) is 2. The molecule has 0 heterocycles. The lowest BCUT2D eigenvalue weighted by molar-refractivity contribution is -0.384. The van der Waals surface area contributed by atoms with Crippen LogP contribution in [0.3, 0.4) is 0 Å². The number of nitrogens with zero attached hydrogens (tertiary/aromatic N) is 1. The quantitative estimate of drug-likeness (QED) is 0.383. The molecule has 0 aliphatic carbocycles.